The molecule has 0 spiro atoms. The maximum atomic E-state index is 9.87. The fourth-order valence-corrected chi connectivity index (χ4v) is 0.439. The molecular formula is C6H12N2O5S. The van der Waals surface area contributed by atoms with Crippen molar-refractivity contribution in [3.05, 3.63) is 30.2 Å². The van der Waals surface area contributed by atoms with Gasteiger partial charge >= 0.3 is 10.4 Å². The molecule has 0 radical (unpaired) electrons. The Hall–Kier alpha value is -1.25. The van der Waals surface area contributed by atoms with E-state index < -0.39 is 10.4 Å². The average Bonchev–Trinajstić information content (AvgIpc) is 2.01. The van der Waals surface area contributed by atoms with Crippen molar-refractivity contribution in [3.8, 4) is 0 Å². The Morgan fingerprint density at radius 2 is 1.50 bits per heavy atom. The summed E-state index contributed by atoms with van der Waals surface area (Å²) in [6.45, 7) is 7.88. The first-order valence-corrected chi connectivity index (χ1v) is 4.74. The van der Waals surface area contributed by atoms with Crippen LogP contribution in [0, 0.1) is 4.91 Å². The van der Waals surface area contributed by atoms with Crippen molar-refractivity contribution in [2.75, 3.05) is 13.1 Å². The molecule has 7 nitrogen and oxygen atoms in total. The van der Waals surface area contributed by atoms with Crippen molar-refractivity contribution in [2.24, 2.45) is 5.29 Å². The second kappa shape index (κ2) is 8.35. The van der Waals surface area contributed by atoms with E-state index in [0.717, 1.165) is 0 Å². The van der Waals surface area contributed by atoms with Crippen molar-refractivity contribution in [2.45, 2.75) is 0 Å². The van der Waals surface area contributed by atoms with Gasteiger partial charge in [-0.15, -0.1) is 18.1 Å². The molecule has 0 aliphatic heterocycles. The lowest BCUT2D eigenvalue weighted by molar-refractivity contribution is 0.351. The third kappa shape index (κ3) is 22.4. The summed E-state index contributed by atoms with van der Waals surface area (Å²) < 4.78 is 31.6. The minimum atomic E-state index is -4.67. The quantitative estimate of drug-likeness (QED) is 0.308. The Labute approximate surface area is 82.2 Å². The molecule has 82 valence electrons. The van der Waals surface area contributed by atoms with Gasteiger partial charge in [0.1, 0.15) is 0 Å². The Bertz CT molecular complexity index is 256. The van der Waals surface area contributed by atoms with Crippen LogP contribution < -0.4 is 0 Å². The number of hydrogen-bond acceptors (Lipinski definition) is 4. The van der Waals surface area contributed by atoms with Crippen LogP contribution in [-0.4, -0.2) is 35.6 Å². The van der Waals surface area contributed by atoms with Gasteiger partial charge < -0.3 is 0 Å². The van der Waals surface area contributed by atoms with Crippen LogP contribution in [0.1, 0.15) is 0 Å². The molecule has 0 saturated carbocycles. The second-order valence-corrected chi connectivity index (χ2v) is 2.87. The second-order valence-electron chi connectivity index (χ2n) is 1.98. The Kier molecular flexibility index (Phi) is 9.09. The van der Waals surface area contributed by atoms with Crippen molar-refractivity contribution >= 4 is 10.4 Å². The first-order chi connectivity index (χ1) is 6.35. The topological polar surface area (TPSA) is 107 Å². The van der Waals surface area contributed by atoms with E-state index in [9.17, 15) is 4.91 Å². The maximum absolute atomic E-state index is 9.87. The smallest absolute Gasteiger partial charge is 0.264 e. The minimum absolute atomic E-state index is 0.482. The number of rotatable bonds is 5. The highest BCUT2D eigenvalue weighted by atomic mass is 32.3. The van der Waals surface area contributed by atoms with Crippen molar-refractivity contribution in [1.82, 2.24) is 5.01 Å². The molecule has 0 aromatic rings. The van der Waals surface area contributed by atoms with Gasteiger partial charge in [0, 0.05) is 0 Å². The zero-order chi connectivity index (χ0) is 11.6. The molecule has 0 aromatic carbocycles. The summed E-state index contributed by atoms with van der Waals surface area (Å²) in [5.74, 6) is 0. The Morgan fingerprint density at radius 1 is 1.21 bits per heavy atom. The van der Waals surface area contributed by atoms with E-state index in [-0.39, 0.29) is 0 Å². The van der Waals surface area contributed by atoms with Gasteiger partial charge in [0.05, 0.1) is 18.4 Å². The SMILES string of the molecule is C=CCN(CC=C)N=O.O=S(=O)(O)O. The summed E-state index contributed by atoms with van der Waals surface area (Å²) in [6, 6.07) is 0. The van der Waals surface area contributed by atoms with E-state index in [1.54, 1.807) is 12.2 Å². The molecule has 0 aromatic heterocycles. The summed E-state index contributed by atoms with van der Waals surface area (Å²) in [4.78, 5) is 9.87. The standard InChI is InChI=1S/C6H10N2O.H2O4S/c1-3-5-8(7-9)6-4-2;1-5(2,3)4/h3-4H,1-2,5-6H2;(H2,1,2,3,4). The summed E-state index contributed by atoms with van der Waals surface area (Å²) in [5.41, 5.74) is 0. The highest BCUT2D eigenvalue weighted by Gasteiger charge is 1.92. The zero-order valence-corrected chi connectivity index (χ0v) is 8.22. The normalized spacial score (nSPS) is 9.29. The lowest BCUT2D eigenvalue weighted by Crippen LogP contribution is -2.15. The molecule has 0 saturated heterocycles. The molecule has 0 amide bonds. The van der Waals surface area contributed by atoms with Gasteiger partial charge in [-0.05, 0) is 0 Å². The van der Waals surface area contributed by atoms with Crippen molar-refractivity contribution in [3.63, 3.8) is 0 Å². The van der Waals surface area contributed by atoms with Crippen molar-refractivity contribution in [1.29, 1.82) is 0 Å². The number of nitroso groups, excluding NO2 is 1. The van der Waals surface area contributed by atoms with Crippen LogP contribution in [-0.2, 0) is 10.4 Å². The molecule has 0 atom stereocenters. The van der Waals surface area contributed by atoms with Gasteiger partial charge in [-0.1, -0.05) is 12.2 Å². The van der Waals surface area contributed by atoms with E-state index in [2.05, 4.69) is 18.4 Å². The van der Waals surface area contributed by atoms with Crippen LogP contribution in [0.15, 0.2) is 30.6 Å². The van der Waals surface area contributed by atoms with E-state index >= 15 is 0 Å². The largest absolute Gasteiger partial charge is 0.394 e. The molecule has 0 fully saturated rings. The summed E-state index contributed by atoms with van der Waals surface area (Å²) in [5, 5.41) is 4.03. The third-order valence-corrected chi connectivity index (χ3v) is 0.795. The average molecular weight is 224 g/mol. The van der Waals surface area contributed by atoms with Gasteiger partial charge in [-0.3, -0.25) is 14.1 Å². The molecule has 8 heteroatoms. The fraction of sp³-hybridized carbons (Fsp3) is 0.333. The van der Waals surface area contributed by atoms with Gasteiger partial charge in [0.2, 0.25) is 0 Å². The molecular weight excluding hydrogens is 212 g/mol. The molecule has 0 aliphatic carbocycles. The molecule has 0 rings (SSSR count). The van der Waals surface area contributed by atoms with Gasteiger partial charge in [0.25, 0.3) is 0 Å². The maximum Gasteiger partial charge on any atom is 0.394 e. The van der Waals surface area contributed by atoms with Crippen LogP contribution in [0.2, 0.25) is 0 Å². The van der Waals surface area contributed by atoms with E-state index in [1.807, 2.05) is 0 Å². The highest BCUT2D eigenvalue weighted by molar-refractivity contribution is 7.79. The number of hydrogen-bond donors (Lipinski definition) is 2. The predicted molar refractivity (Wildman–Crippen MR) is 51.9 cm³/mol. The summed E-state index contributed by atoms with van der Waals surface area (Å²) in [6.07, 6.45) is 3.23. The molecule has 2 N–H and O–H groups in total. The van der Waals surface area contributed by atoms with E-state index in [4.69, 9.17) is 17.5 Å². The lowest BCUT2D eigenvalue weighted by atomic mass is 10.5. The van der Waals surface area contributed by atoms with E-state index in [1.165, 1.54) is 5.01 Å². The van der Waals surface area contributed by atoms with Crippen LogP contribution in [0.3, 0.4) is 0 Å². The number of nitrogens with zero attached hydrogens (tertiary/aromatic N) is 2. The van der Waals surface area contributed by atoms with Crippen molar-refractivity contribution < 1.29 is 17.5 Å². The van der Waals surface area contributed by atoms with Crippen LogP contribution in [0.5, 0.6) is 0 Å². The van der Waals surface area contributed by atoms with E-state index in [0.29, 0.717) is 13.1 Å². The van der Waals surface area contributed by atoms with Gasteiger partial charge in [-0.2, -0.15) is 8.42 Å². The molecule has 0 aliphatic rings. The molecule has 14 heavy (non-hydrogen) atoms. The zero-order valence-electron chi connectivity index (χ0n) is 7.40. The van der Waals surface area contributed by atoms with Crippen LogP contribution in [0.4, 0.5) is 0 Å². The Balaban J connectivity index is 0. The van der Waals surface area contributed by atoms with Crippen LogP contribution >= 0.6 is 0 Å². The third-order valence-electron chi connectivity index (χ3n) is 0.795. The van der Waals surface area contributed by atoms with Crippen LogP contribution in [0.25, 0.3) is 0 Å². The fourth-order valence-electron chi connectivity index (χ4n) is 0.439. The minimum Gasteiger partial charge on any atom is -0.264 e. The van der Waals surface area contributed by atoms with Gasteiger partial charge in [0.15, 0.2) is 0 Å². The highest BCUT2D eigenvalue weighted by Crippen LogP contribution is 1.87. The molecule has 0 unspecified atom stereocenters. The monoisotopic (exact) mass is 224 g/mol. The Morgan fingerprint density at radius 3 is 1.64 bits per heavy atom. The predicted octanol–water partition coefficient (Wildman–Crippen LogP) is 0.689. The molecule has 0 heterocycles. The summed E-state index contributed by atoms with van der Waals surface area (Å²) >= 11 is 0. The van der Waals surface area contributed by atoms with Gasteiger partial charge in [-0.25, -0.2) is 0 Å². The molecule has 0 bridgehead atoms. The lowest BCUT2D eigenvalue weighted by Gasteiger charge is -2.07. The first-order valence-electron chi connectivity index (χ1n) is 3.35. The summed E-state index contributed by atoms with van der Waals surface area (Å²) in [7, 11) is -4.67. The first kappa shape index (κ1) is 15.2.